The lowest BCUT2D eigenvalue weighted by Crippen LogP contribution is -2.35. The maximum atomic E-state index is 11.9. The van der Waals surface area contributed by atoms with E-state index in [1.54, 1.807) is 11.9 Å². The first-order valence-electron chi connectivity index (χ1n) is 5.82. The average Bonchev–Trinajstić information content (AvgIpc) is 2.26. The first-order valence-corrected chi connectivity index (χ1v) is 5.82. The molecule has 0 aliphatic carbocycles. The van der Waals surface area contributed by atoms with Crippen molar-refractivity contribution >= 4 is 6.09 Å². The average molecular weight is 235 g/mol. The van der Waals surface area contributed by atoms with Gasteiger partial charge in [0.15, 0.2) is 0 Å². The Morgan fingerprint density at radius 2 is 1.76 bits per heavy atom. The van der Waals surface area contributed by atoms with Crippen molar-refractivity contribution in [3.05, 3.63) is 35.9 Å². The van der Waals surface area contributed by atoms with Gasteiger partial charge in [0, 0.05) is 7.05 Å². The third-order valence-corrected chi connectivity index (χ3v) is 2.54. The molecule has 3 heteroatoms. The van der Waals surface area contributed by atoms with Crippen LogP contribution in [0, 0.1) is 0 Å². The van der Waals surface area contributed by atoms with Gasteiger partial charge < -0.3 is 9.64 Å². The molecule has 0 aromatic heterocycles. The summed E-state index contributed by atoms with van der Waals surface area (Å²) >= 11 is 0. The largest absolute Gasteiger partial charge is 0.444 e. The molecule has 0 fully saturated rings. The van der Waals surface area contributed by atoms with Crippen molar-refractivity contribution in [2.24, 2.45) is 0 Å². The number of hydrogen-bond acceptors (Lipinski definition) is 2. The number of amides is 1. The van der Waals surface area contributed by atoms with E-state index in [0.29, 0.717) is 0 Å². The summed E-state index contributed by atoms with van der Waals surface area (Å²) in [7, 11) is 1.76. The molecule has 0 saturated carbocycles. The smallest absolute Gasteiger partial charge is 0.410 e. The number of carbonyl (C=O) groups excluding carboxylic acids is 1. The number of ether oxygens (including phenoxy) is 1. The number of nitrogens with zero attached hydrogens (tertiary/aromatic N) is 1. The minimum atomic E-state index is -0.457. The van der Waals surface area contributed by atoms with Crippen LogP contribution in [0.4, 0.5) is 4.79 Å². The van der Waals surface area contributed by atoms with E-state index < -0.39 is 5.60 Å². The lowest BCUT2D eigenvalue weighted by molar-refractivity contribution is 0.0234. The Bertz CT molecular complexity index is 368. The highest BCUT2D eigenvalue weighted by Gasteiger charge is 2.23. The van der Waals surface area contributed by atoms with Gasteiger partial charge >= 0.3 is 6.09 Å². The maximum absolute atomic E-state index is 11.9. The van der Waals surface area contributed by atoms with Gasteiger partial charge in [-0.1, -0.05) is 30.3 Å². The summed E-state index contributed by atoms with van der Waals surface area (Å²) in [5, 5.41) is 0. The Morgan fingerprint density at radius 3 is 2.24 bits per heavy atom. The van der Waals surface area contributed by atoms with E-state index in [2.05, 4.69) is 0 Å². The number of benzene rings is 1. The molecule has 0 bridgehead atoms. The standard InChI is InChI=1S/C14H21NO2/c1-11(12-9-7-6-8-10-12)15(5)13(16)17-14(2,3)4/h6-11H,1-5H3/t11-/m1/s1. The van der Waals surface area contributed by atoms with E-state index in [0.717, 1.165) is 5.56 Å². The summed E-state index contributed by atoms with van der Waals surface area (Å²) in [5.41, 5.74) is 0.641. The quantitative estimate of drug-likeness (QED) is 0.783. The minimum absolute atomic E-state index is 0.00560. The predicted molar refractivity (Wildman–Crippen MR) is 68.9 cm³/mol. The van der Waals surface area contributed by atoms with E-state index in [4.69, 9.17) is 4.74 Å². The molecule has 3 nitrogen and oxygen atoms in total. The normalized spacial score (nSPS) is 13.0. The summed E-state index contributed by atoms with van der Waals surface area (Å²) in [4.78, 5) is 13.5. The third kappa shape index (κ3) is 4.10. The van der Waals surface area contributed by atoms with Crippen molar-refractivity contribution in [3.63, 3.8) is 0 Å². The molecular formula is C14H21NO2. The Balaban J connectivity index is 2.70. The van der Waals surface area contributed by atoms with Gasteiger partial charge in [-0.05, 0) is 33.3 Å². The van der Waals surface area contributed by atoms with Gasteiger partial charge in [-0.3, -0.25) is 0 Å². The molecule has 1 amide bonds. The first-order chi connectivity index (χ1) is 7.81. The highest BCUT2D eigenvalue weighted by Crippen LogP contribution is 2.20. The fourth-order valence-electron chi connectivity index (χ4n) is 1.45. The van der Waals surface area contributed by atoms with E-state index >= 15 is 0 Å². The van der Waals surface area contributed by atoms with Crippen molar-refractivity contribution in [1.29, 1.82) is 0 Å². The van der Waals surface area contributed by atoms with Gasteiger partial charge in [0.1, 0.15) is 5.60 Å². The zero-order valence-electron chi connectivity index (χ0n) is 11.2. The molecule has 1 atom stereocenters. The number of hydrogen-bond donors (Lipinski definition) is 0. The highest BCUT2D eigenvalue weighted by molar-refractivity contribution is 5.68. The summed E-state index contributed by atoms with van der Waals surface area (Å²) in [6.45, 7) is 7.59. The molecule has 0 aliphatic heterocycles. The predicted octanol–water partition coefficient (Wildman–Crippen LogP) is 3.61. The summed E-state index contributed by atoms with van der Waals surface area (Å²) in [6, 6.07) is 9.91. The first kappa shape index (κ1) is 13.6. The molecule has 0 radical (unpaired) electrons. The topological polar surface area (TPSA) is 29.5 Å². The van der Waals surface area contributed by atoms with Crippen molar-refractivity contribution in [1.82, 2.24) is 4.90 Å². The van der Waals surface area contributed by atoms with Crippen LogP contribution in [0.1, 0.15) is 39.3 Å². The van der Waals surface area contributed by atoms with Crippen LogP contribution in [0.25, 0.3) is 0 Å². The zero-order valence-corrected chi connectivity index (χ0v) is 11.2. The van der Waals surface area contributed by atoms with Crippen LogP contribution in [0.15, 0.2) is 30.3 Å². The molecule has 1 rings (SSSR count). The van der Waals surface area contributed by atoms with Crippen molar-refractivity contribution in [2.75, 3.05) is 7.05 Å². The molecule has 1 aromatic rings. The van der Waals surface area contributed by atoms with E-state index in [-0.39, 0.29) is 12.1 Å². The maximum Gasteiger partial charge on any atom is 0.410 e. The lowest BCUT2D eigenvalue weighted by atomic mass is 10.1. The fraction of sp³-hybridized carbons (Fsp3) is 0.500. The molecule has 0 spiro atoms. The summed E-state index contributed by atoms with van der Waals surface area (Å²) in [5.74, 6) is 0. The monoisotopic (exact) mass is 235 g/mol. The Kier molecular flexibility index (Phi) is 4.16. The Morgan fingerprint density at radius 1 is 1.24 bits per heavy atom. The van der Waals surface area contributed by atoms with Gasteiger partial charge in [-0.25, -0.2) is 4.79 Å². The third-order valence-electron chi connectivity index (χ3n) is 2.54. The van der Waals surface area contributed by atoms with Crippen molar-refractivity contribution < 1.29 is 9.53 Å². The molecule has 0 heterocycles. The van der Waals surface area contributed by atoms with Crippen molar-refractivity contribution in [2.45, 2.75) is 39.3 Å². The van der Waals surface area contributed by atoms with Crippen LogP contribution in [0.3, 0.4) is 0 Å². The van der Waals surface area contributed by atoms with Gasteiger partial charge in [0.05, 0.1) is 6.04 Å². The van der Waals surface area contributed by atoms with Crippen LogP contribution in [0.5, 0.6) is 0 Å². The Labute approximate surface area is 103 Å². The van der Waals surface area contributed by atoms with Gasteiger partial charge in [-0.15, -0.1) is 0 Å². The van der Waals surface area contributed by atoms with Gasteiger partial charge in [0.25, 0.3) is 0 Å². The molecule has 0 aliphatic rings. The lowest BCUT2D eigenvalue weighted by Gasteiger charge is -2.28. The summed E-state index contributed by atoms with van der Waals surface area (Å²) < 4.78 is 5.33. The second kappa shape index (κ2) is 5.21. The second-order valence-electron chi connectivity index (χ2n) is 5.18. The van der Waals surface area contributed by atoms with Crippen LogP contribution < -0.4 is 0 Å². The molecule has 94 valence electrons. The van der Waals surface area contributed by atoms with Crippen LogP contribution >= 0.6 is 0 Å². The second-order valence-corrected chi connectivity index (χ2v) is 5.18. The molecule has 0 saturated heterocycles. The fourth-order valence-corrected chi connectivity index (χ4v) is 1.45. The zero-order chi connectivity index (χ0) is 13.1. The molecule has 0 unspecified atom stereocenters. The minimum Gasteiger partial charge on any atom is -0.444 e. The molecular weight excluding hydrogens is 214 g/mol. The molecule has 17 heavy (non-hydrogen) atoms. The van der Waals surface area contributed by atoms with Crippen molar-refractivity contribution in [3.8, 4) is 0 Å². The Hall–Kier alpha value is -1.51. The molecule has 0 N–H and O–H groups in total. The van der Waals surface area contributed by atoms with E-state index in [1.165, 1.54) is 0 Å². The SMILES string of the molecule is C[C@H](c1ccccc1)N(C)C(=O)OC(C)(C)C. The molecule has 1 aromatic carbocycles. The number of rotatable bonds is 2. The van der Waals surface area contributed by atoms with E-state index in [9.17, 15) is 4.79 Å². The van der Waals surface area contributed by atoms with Crippen LogP contribution in [-0.2, 0) is 4.74 Å². The van der Waals surface area contributed by atoms with Crippen LogP contribution in [-0.4, -0.2) is 23.6 Å². The van der Waals surface area contributed by atoms with Gasteiger partial charge in [0.2, 0.25) is 0 Å². The number of carbonyl (C=O) groups is 1. The van der Waals surface area contributed by atoms with Gasteiger partial charge in [-0.2, -0.15) is 0 Å². The summed E-state index contributed by atoms with van der Waals surface area (Å²) in [6.07, 6.45) is -0.297. The van der Waals surface area contributed by atoms with Crippen LogP contribution in [0.2, 0.25) is 0 Å². The highest BCUT2D eigenvalue weighted by atomic mass is 16.6. The van der Waals surface area contributed by atoms with E-state index in [1.807, 2.05) is 58.0 Å².